The quantitative estimate of drug-likeness (QED) is 0.687. The fourth-order valence-electron chi connectivity index (χ4n) is 1.55. The first-order valence-corrected chi connectivity index (χ1v) is 8.21. The second kappa shape index (κ2) is 9.21. The third-order valence-electron chi connectivity index (χ3n) is 2.64. The Morgan fingerprint density at radius 3 is 2.26 bits per heavy atom. The second-order valence-corrected chi connectivity index (χ2v) is 6.13. The van der Waals surface area contributed by atoms with Crippen LogP contribution in [0.2, 0.25) is 0 Å². The molecule has 0 aromatic heterocycles. The summed E-state index contributed by atoms with van der Waals surface area (Å²) in [7, 11) is -4.10. The maximum absolute atomic E-state index is 13.1. The summed E-state index contributed by atoms with van der Waals surface area (Å²) in [6, 6.07) is 3.91. The lowest BCUT2D eigenvalue weighted by Gasteiger charge is -2.16. The van der Waals surface area contributed by atoms with Crippen molar-refractivity contribution in [2.45, 2.75) is 24.7 Å². The van der Waals surface area contributed by atoms with Crippen LogP contribution >= 0.6 is 12.4 Å². The molecule has 0 bridgehead atoms. The molecule has 0 aliphatic rings. The molecule has 0 radical (unpaired) electrons. The third kappa shape index (κ3) is 6.46. The van der Waals surface area contributed by atoms with Gasteiger partial charge in [0, 0.05) is 6.07 Å². The van der Waals surface area contributed by atoms with Gasteiger partial charge >= 0.3 is 0 Å². The molecule has 0 spiro atoms. The van der Waals surface area contributed by atoms with Gasteiger partial charge in [0.25, 0.3) is 5.92 Å². The first kappa shape index (κ1) is 21.8. The van der Waals surface area contributed by atoms with Gasteiger partial charge in [0.05, 0.1) is 31.2 Å². The van der Waals surface area contributed by atoms with Gasteiger partial charge < -0.3 is 15.2 Å². The average molecular weight is 375 g/mol. The number of ether oxygens (including phenoxy) is 2. The summed E-state index contributed by atoms with van der Waals surface area (Å²) in [5.74, 6) is -2.69. The maximum Gasteiger partial charge on any atom is 0.273 e. The van der Waals surface area contributed by atoms with E-state index in [1.807, 2.05) is 4.72 Å². The minimum atomic E-state index is -4.10. The number of alkyl halides is 2. The third-order valence-corrected chi connectivity index (χ3v) is 4.04. The molecule has 23 heavy (non-hydrogen) atoms. The van der Waals surface area contributed by atoms with E-state index in [-0.39, 0.29) is 23.1 Å². The molecule has 3 N–H and O–H groups in total. The number of hydrogen-bond acceptors (Lipinski definition) is 5. The molecule has 0 saturated carbocycles. The predicted octanol–water partition coefficient (Wildman–Crippen LogP) is 1.78. The molecule has 0 saturated heterocycles. The number of sulfonamides is 1. The lowest BCUT2D eigenvalue weighted by molar-refractivity contribution is 0.0170. The largest absolute Gasteiger partial charge is 0.490 e. The molecule has 6 nitrogen and oxygen atoms in total. The van der Waals surface area contributed by atoms with Gasteiger partial charge in [-0.25, -0.2) is 21.9 Å². The van der Waals surface area contributed by atoms with Crippen LogP contribution in [0.15, 0.2) is 23.1 Å². The zero-order valence-electron chi connectivity index (χ0n) is 12.8. The van der Waals surface area contributed by atoms with Crippen LogP contribution in [0.5, 0.6) is 11.5 Å². The van der Waals surface area contributed by atoms with Crippen LogP contribution in [0.4, 0.5) is 8.78 Å². The Morgan fingerprint density at radius 2 is 1.74 bits per heavy atom. The van der Waals surface area contributed by atoms with E-state index >= 15 is 0 Å². The highest BCUT2D eigenvalue weighted by atomic mass is 35.5. The summed E-state index contributed by atoms with van der Waals surface area (Å²) in [6.07, 6.45) is 0. The van der Waals surface area contributed by atoms with Crippen molar-refractivity contribution in [3.05, 3.63) is 18.2 Å². The van der Waals surface area contributed by atoms with Crippen LogP contribution in [-0.2, 0) is 10.0 Å². The molecule has 0 aliphatic heterocycles. The Morgan fingerprint density at radius 1 is 1.17 bits per heavy atom. The Labute approximate surface area is 140 Å². The molecular formula is C13H21ClF2N2O4S. The Hall–Kier alpha value is -1.16. The van der Waals surface area contributed by atoms with Crippen LogP contribution in [-0.4, -0.2) is 40.6 Å². The summed E-state index contributed by atoms with van der Waals surface area (Å²) in [5, 5.41) is 0. The van der Waals surface area contributed by atoms with Gasteiger partial charge in [0.15, 0.2) is 11.5 Å². The Kier molecular flexibility index (Phi) is 8.75. The number of halogens is 3. The van der Waals surface area contributed by atoms with E-state index in [9.17, 15) is 17.2 Å². The van der Waals surface area contributed by atoms with Crippen molar-refractivity contribution in [3.8, 4) is 11.5 Å². The lowest BCUT2D eigenvalue weighted by atomic mass is 10.3. The fourth-order valence-corrected chi connectivity index (χ4v) is 2.63. The van der Waals surface area contributed by atoms with Crippen LogP contribution < -0.4 is 19.9 Å². The van der Waals surface area contributed by atoms with Crippen molar-refractivity contribution in [1.29, 1.82) is 0 Å². The molecule has 0 fully saturated rings. The predicted molar refractivity (Wildman–Crippen MR) is 85.2 cm³/mol. The van der Waals surface area contributed by atoms with E-state index < -0.39 is 29.0 Å². The molecular weight excluding hydrogens is 354 g/mol. The topological polar surface area (TPSA) is 90.7 Å². The van der Waals surface area contributed by atoms with E-state index in [2.05, 4.69) is 0 Å². The molecule has 1 rings (SSSR count). The van der Waals surface area contributed by atoms with Crippen molar-refractivity contribution >= 4 is 22.4 Å². The van der Waals surface area contributed by atoms with Gasteiger partial charge in [-0.1, -0.05) is 0 Å². The van der Waals surface area contributed by atoms with Crippen molar-refractivity contribution in [3.63, 3.8) is 0 Å². The first-order chi connectivity index (χ1) is 10.3. The van der Waals surface area contributed by atoms with Crippen LogP contribution in [0, 0.1) is 0 Å². The standard InChI is InChI=1S/C13H20F2N2O4S.ClH/c1-3-20-11-6-5-10(7-12(11)21-4-2)22(18,19)17-9-13(14,15)8-16;/h5-7,17H,3-4,8-9,16H2,1-2H3;1H. The van der Waals surface area contributed by atoms with Crippen molar-refractivity contribution in [2.75, 3.05) is 26.3 Å². The zero-order chi connectivity index (χ0) is 16.8. The highest BCUT2D eigenvalue weighted by Crippen LogP contribution is 2.30. The highest BCUT2D eigenvalue weighted by Gasteiger charge is 2.29. The fraction of sp³-hybridized carbons (Fsp3) is 0.538. The highest BCUT2D eigenvalue weighted by molar-refractivity contribution is 7.89. The lowest BCUT2D eigenvalue weighted by Crippen LogP contribution is -2.41. The molecule has 134 valence electrons. The van der Waals surface area contributed by atoms with E-state index in [4.69, 9.17) is 15.2 Å². The van der Waals surface area contributed by atoms with E-state index in [1.165, 1.54) is 18.2 Å². The molecule has 0 unspecified atom stereocenters. The SMILES string of the molecule is CCOc1ccc(S(=O)(=O)NCC(F)(F)CN)cc1OCC.Cl. The summed E-state index contributed by atoms with van der Waals surface area (Å²) in [5.41, 5.74) is 4.87. The molecule has 0 aliphatic carbocycles. The number of rotatable bonds is 9. The maximum atomic E-state index is 13.1. The molecule has 1 aromatic rings. The zero-order valence-corrected chi connectivity index (χ0v) is 14.5. The van der Waals surface area contributed by atoms with E-state index in [1.54, 1.807) is 13.8 Å². The monoisotopic (exact) mass is 374 g/mol. The van der Waals surface area contributed by atoms with Gasteiger partial charge in [-0.05, 0) is 26.0 Å². The Balaban J connectivity index is 0.00000484. The van der Waals surface area contributed by atoms with Crippen molar-refractivity contribution in [1.82, 2.24) is 4.72 Å². The number of nitrogens with one attached hydrogen (secondary N) is 1. The van der Waals surface area contributed by atoms with Gasteiger partial charge in [0.2, 0.25) is 10.0 Å². The van der Waals surface area contributed by atoms with Crippen molar-refractivity contribution < 1.29 is 26.7 Å². The van der Waals surface area contributed by atoms with Gasteiger partial charge in [-0.2, -0.15) is 0 Å². The van der Waals surface area contributed by atoms with Gasteiger partial charge in [0.1, 0.15) is 0 Å². The number of nitrogens with two attached hydrogens (primary N) is 1. The van der Waals surface area contributed by atoms with E-state index in [0.29, 0.717) is 19.0 Å². The molecule has 0 amide bonds. The smallest absolute Gasteiger partial charge is 0.273 e. The molecule has 0 atom stereocenters. The average Bonchev–Trinajstić information content (AvgIpc) is 2.48. The minimum absolute atomic E-state index is 0. The summed E-state index contributed by atoms with van der Waals surface area (Å²) in [6.45, 7) is 2.19. The minimum Gasteiger partial charge on any atom is -0.490 e. The second-order valence-electron chi connectivity index (χ2n) is 4.36. The summed E-state index contributed by atoms with van der Waals surface area (Å²) in [4.78, 5) is -0.188. The van der Waals surface area contributed by atoms with Crippen LogP contribution in [0.3, 0.4) is 0 Å². The van der Waals surface area contributed by atoms with Crippen LogP contribution in [0.1, 0.15) is 13.8 Å². The normalized spacial score (nSPS) is 11.7. The van der Waals surface area contributed by atoms with E-state index in [0.717, 1.165) is 0 Å². The Bertz CT molecular complexity index is 600. The van der Waals surface area contributed by atoms with Gasteiger partial charge in [-0.15, -0.1) is 12.4 Å². The summed E-state index contributed by atoms with van der Waals surface area (Å²) >= 11 is 0. The number of benzene rings is 1. The van der Waals surface area contributed by atoms with Gasteiger partial charge in [-0.3, -0.25) is 0 Å². The first-order valence-electron chi connectivity index (χ1n) is 6.73. The van der Waals surface area contributed by atoms with Crippen molar-refractivity contribution in [2.24, 2.45) is 5.73 Å². The summed E-state index contributed by atoms with van der Waals surface area (Å²) < 4.78 is 62.7. The van der Waals surface area contributed by atoms with Crippen LogP contribution in [0.25, 0.3) is 0 Å². The molecule has 1 aromatic carbocycles. The number of hydrogen-bond donors (Lipinski definition) is 2. The molecule has 0 heterocycles. The molecule has 10 heteroatoms.